The van der Waals surface area contributed by atoms with Crippen molar-refractivity contribution in [3.8, 4) is 0 Å². The summed E-state index contributed by atoms with van der Waals surface area (Å²) < 4.78 is 6.33. The number of anilines is 1. The lowest BCUT2D eigenvalue weighted by Gasteiger charge is -2.18. The smallest absolute Gasteiger partial charge is 0.340 e. The van der Waals surface area contributed by atoms with Gasteiger partial charge in [0.15, 0.2) is 5.78 Å². The number of amides is 1. The minimum absolute atomic E-state index is 0.106. The Hall–Kier alpha value is -3.00. The van der Waals surface area contributed by atoms with Crippen molar-refractivity contribution in [1.29, 1.82) is 0 Å². The van der Waals surface area contributed by atoms with Crippen LogP contribution in [0.2, 0.25) is 0 Å². The normalized spacial score (nSPS) is 11.4. The van der Waals surface area contributed by atoms with E-state index < -0.39 is 18.0 Å². The summed E-state index contributed by atoms with van der Waals surface area (Å²) in [7, 11) is 0. The molecule has 0 aliphatic heterocycles. The molecule has 3 aromatic carbocycles. The molecule has 0 aliphatic rings. The number of halogens is 1. The Kier molecular flexibility index (Phi) is 6.77. The van der Waals surface area contributed by atoms with Gasteiger partial charge < -0.3 is 10.1 Å². The molecule has 146 valence electrons. The third-order valence-electron chi connectivity index (χ3n) is 4.20. The summed E-state index contributed by atoms with van der Waals surface area (Å²) in [5.74, 6) is -1.20. The number of hydrogen-bond acceptors (Lipinski definition) is 4. The third-order valence-corrected chi connectivity index (χ3v) is 5.14. The predicted octanol–water partition coefficient (Wildman–Crippen LogP) is 5.03. The maximum Gasteiger partial charge on any atom is 0.340 e. The number of hydrogen-bond donors (Lipinski definition) is 1. The van der Waals surface area contributed by atoms with Crippen LogP contribution < -0.4 is 5.32 Å². The molecule has 0 radical (unpaired) electrons. The fraction of sp³-hybridized carbons (Fsp3) is 0.0870. The number of ketones is 1. The SMILES string of the molecule is CC(=O)c1cccc(NC(=O)C(OC(=O)c2ccccc2I)c2ccccc2)c1. The highest BCUT2D eigenvalue weighted by Crippen LogP contribution is 2.23. The maximum absolute atomic E-state index is 13.0. The van der Waals surface area contributed by atoms with E-state index in [0.717, 1.165) is 3.57 Å². The molecule has 29 heavy (non-hydrogen) atoms. The monoisotopic (exact) mass is 499 g/mol. The summed E-state index contributed by atoms with van der Waals surface area (Å²) in [4.78, 5) is 37.3. The lowest BCUT2D eigenvalue weighted by atomic mass is 10.1. The molecule has 6 heteroatoms. The molecular formula is C23H18INO4. The average Bonchev–Trinajstić information content (AvgIpc) is 2.73. The van der Waals surface area contributed by atoms with E-state index >= 15 is 0 Å². The first-order valence-corrected chi connectivity index (χ1v) is 9.96. The van der Waals surface area contributed by atoms with Crippen molar-refractivity contribution in [2.45, 2.75) is 13.0 Å². The van der Waals surface area contributed by atoms with Gasteiger partial charge in [-0.05, 0) is 53.8 Å². The van der Waals surface area contributed by atoms with Crippen LogP contribution in [-0.4, -0.2) is 17.7 Å². The molecule has 1 unspecified atom stereocenters. The van der Waals surface area contributed by atoms with Crippen LogP contribution in [0.3, 0.4) is 0 Å². The van der Waals surface area contributed by atoms with Crippen molar-refractivity contribution in [2.24, 2.45) is 0 Å². The van der Waals surface area contributed by atoms with Crippen molar-refractivity contribution in [2.75, 3.05) is 5.32 Å². The van der Waals surface area contributed by atoms with Crippen molar-refractivity contribution >= 4 is 45.9 Å². The Balaban J connectivity index is 1.87. The van der Waals surface area contributed by atoms with Gasteiger partial charge in [-0.3, -0.25) is 9.59 Å². The summed E-state index contributed by atoms with van der Waals surface area (Å²) in [6, 6.07) is 22.4. The standard InChI is InChI=1S/C23H18INO4/c1-15(26)17-10-7-11-18(14-17)25-22(27)21(16-8-3-2-4-9-16)29-23(28)19-12-5-6-13-20(19)24/h2-14,21H,1H3,(H,25,27). The van der Waals surface area contributed by atoms with Crippen LogP contribution in [0.4, 0.5) is 5.69 Å². The Morgan fingerprint density at radius 1 is 0.897 bits per heavy atom. The second-order valence-corrected chi connectivity index (χ2v) is 7.46. The molecular weight excluding hydrogens is 481 g/mol. The zero-order chi connectivity index (χ0) is 20.8. The Labute approximate surface area is 182 Å². The summed E-state index contributed by atoms with van der Waals surface area (Å²) >= 11 is 2.05. The van der Waals surface area contributed by atoms with Gasteiger partial charge in [0.25, 0.3) is 5.91 Å². The van der Waals surface area contributed by atoms with E-state index in [1.807, 2.05) is 34.7 Å². The predicted molar refractivity (Wildman–Crippen MR) is 119 cm³/mol. The van der Waals surface area contributed by atoms with E-state index in [2.05, 4.69) is 5.32 Å². The zero-order valence-corrected chi connectivity index (χ0v) is 17.8. The molecule has 1 atom stereocenters. The highest BCUT2D eigenvalue weighted by molar-refractivity contribution is 14.1. The molecule has 1 N–H and O–H groups in total. The Morgan fingerprint density at radius 2 is 1.59 bits per heavy atom. The fourth-order valence-electron chi connectivity index (χ4n) is 2.72. The van der Waals surface area contributed by atoms with Crippen LogP contribution >= 0.6 is 22.6 Å². The number of nitrogens with one attached hydrogen (secondary N) is 1. The Bertz CT molecular complexity index is 1050. The van der Waals surface area contributed by atoms with Crippen LogP contribution in [0.25, 0.3) is 0 Å². The molecule has 0 saturated carbocycles. The van der Waals surface area contributed by atoms with Crippen LogP contribution in [0.15, 0.2) is 78.9 Å². The molecule has 3 aromatic rings. The third kappa shape index (κ3) is 5.29. The molecule has 1 amide bonds. The van der Waals surface area contributed by atoms with E-state index in [-0.39, 0.29) is 5.78 Å². The van der Waals surface area contributed by atoms with Crippen molar-refractivity contribution in [3.63, 3.8) is 0 Å². The minimum atomic E-state index is -1.14. The van der Waals surface area contributed by atoms with Gasteiger partial charge in [0.1, 0.15) is 0 Å². The van der Waals surface area contributed by atoms with Gasteiger partial charge in [-0.1, -0.05) is 54.6 Å². The number of carbonyl (C=O) groups is 3. The maximum atomic E-state index is 13.0. The highest BCUT2D eigenvalue weighted by atomic mass is 127. The second-order valence-electron chi connectivity index (χ2n) is 6.30. The van der Waals surface area contributed by atoms with E-state index in [0.29, 0.717) is 22.4 Å². The van der Waals surface area contributed by atoms with Crippen LogP contribution in [0.5, 0.6) is 0 Å². The summed E-state index contributed by atoms with van der Waals surface area (Å²) in [5, 5.41) is 2.74. The number of Topliss-reactive ketones (excluding diaryl/α,β-unsaturated/α-hetero) is 1. The molecule has 0 fully saturated rings. The molecule has 3 rings (SSSR count). The molecule has 0 heterocycles. The quantitative estimate of drug-likeness (QED) is 0.294. The van der Waals surface area contributed by atoms with Crippen LogP contribution in [-0.2, 0) is 9.53 Å². The number of esters is 1. The lowest BCUT2D eigenvalue weighted by Crippen LogP contribution is -2.26. The first kappa shape index (κ1) is 20.7. The number of ether oxygens (including phenoxy) is 1. The number of benzene rings is 3. The van der Waals surface area contributed by atoms with Crippen LogP contribution in [0.1, 0.15) is 39.3 Å². The van der Waals surface area contributed by atoms with Crippen molar-refractivity contribution < 1.29 is 19.1 Å². The van der Waals surface area contributed by atoms with Gasteiger partial charge in [0.2, 0.25) is 6.10 Å². The summed E-state index contributed by atoms with van der Waals surface area (Å²) in [5.41, 5.74) is 1.87. The van der Waals surface area contributed by atoms with E-state index in [1.54, 1.807) is 66.7 Å². The van der Waals surface area contributed by atoms with Gasteiger partial charge in [-0.2, -0.15) is 0 Å². The zero-order valence-electron chi connectivity index (χ0n) is 15.6. The first-order chi connectivity index (χ1) is 14.0. The lowest BCUT2D eigenvalue weighted by molar-refractivity contribution is -0.125. The van der Waals surface area contributed by atoms with Gasteiger partial charge in [0.05, 0.1) is 5.56 Å². The topological polar surface area (TPSA) is 72.5 Å². The number of rotatable bonds is 6. The summed E-state index contributed by atoms with van der Waals surface area (Å²) in [6.07, 6.45) is -1.14. The minimum Gasteiger partial charge on any atom is -0.444 e. The molecule has 0 aliphatic carbocycles. The molecule has 5 nitrogen and oxygen atoms in total. The average molecular weight is 499 g/mol. The van der Waals surface area contributed by atoms with E-state index in [9.17, 15) is 14.4 Å². The molecule has 0 saturated heterocycles. The Morgan fingerprint density at radius 3 is 2.28 bits per heavy atom. The van der Waals surface area contributed by atoms with Gasteiger partial charge in [-0.25, -0.2) is 4.79 Å². The van der Waals surface area contributed by atoms with Crippen molar-refractivity contribution in [3.05, 3.63) is 99.1 Å². The first-order valence-electron chi connectivity index (χ1n) is 8.88. The van der Waals surface area contributed by atoms with E-state index in [1.165, 1.54) is 6.92 Å². The van der Waals surface area contributed by atoms with Crippen molar-refractivity contribution in [1.82, 2.24) is 0 Å². The molecule has 0 spiro atoms. The van der Waals surface area contributed by atoms with Gasteiger partial charge >= 0.3 is 5.97 Å². The van der Waals surface area contributed by atoms with E-state index in [4.69, 9.17) is 4.74 Å². The highest BCUT2D eigenvalue weighted by Gasteiger charge is 2.26. The van der Waals surface area contributed by atoms with Crippen LogP contribution in [0, 0.1) is 3.57 Å². The van der Waals surface area contributed by atoms with Gasteiger partial charge in [-0.15, -0.1) is 0 Å². The largest absolute Gasteiger partial charge is 0.444 e. The number of carbonyl (C=O) groups excluding carboxylic acids is 3. The summed E-state index contributed by atoms with van der Waals surface area (Å²) in [6.45, 7) is 1.46. The van der Waals surface area contributed by atoms with Gasteiger partial charge in [0, 0.05) is 20.4 Å². The second kappa shape index (κ2) is 9.47. The molecule has 0 aromatic heterocycles. The fourth-order valence-corrected chi connectivity index (χ4v) is 3.33. The molecule has 0 bridgehead atoms.